The van der Waals surface area contributed by atoms with Crippen LogP contribution in [0.2, 0.25) is 0 Å². The number of nitrogens with zero attached hydrogens (tertiary/aromatic N) is 3. The molecule has 4 rings (SSSR count). The fourth-order valence-electron chi connectivity index (χ4n) is 3.98. The molecule has 2 heterocycles. The van der Waals surface area contributed by atoms with Gasteiger partial charge in [0.25, 0.3) is 0 Å². The van der Waals surface area contributed by atoms with Crippen molar-refractivity contribution in [3.8, 4) is 5.75 Å². The average Bonchev–Trinajstić information content (AvgIpc) is 2.79. The Labute approximate surface area is 177 Å². The van der Waals surface area contributed by atoms with Gasteiger partial charge in [0.05, 0.1) is 6.04 Å². The van der Waals surface area contributed by atoms with E-state index in [0.29, 0.717) is 6.61 Å². The van der Waals surface area contributed by atoms with Crippen LogP contribution >= 0.6 is 0 Å². The van der Waals surface area contributed by atoms with Crippen LogP contribution in [0.15, 0.2) is 79.1 Å². The first kappa shape index (κ1) is 20.1. The predicted molar refractivity (Wildman–Crippen MR) is 117 cm³/mol. The second-order valence-electron chi connectivity index (χ2n) is 7.63. The van der Waals surface area contributed by atoms with E-state index in [4.69, 9.17) is 4.74 Å². The predicted octanol–water partition coefficient (Wildman–Crippen LogP) is 4.07. The van der Waals surface area contributed by atoms with E-state index in [1.807, 2.05) is 59.6 Å². The van der Waals surface area contributed by atoms with Crippen LogP contribution in [-0.4, -0.2) is 40.3 Å². The molecule has 5 heteroatoms. The van der Waals surface area contributed by atoms with Crippen molar-refractivity contribution in [2.75, 3.05) is 19.6 Å². The molecular weight excluding hydrogens is 374 g/mol. The van der Waals surface area contributed by atoms with Crippen molar-refractivity contribution in [3.63, 3.8) is 0 Å². The number of aromatic nitrogens is 1. The third-order valence-corrected chi connectivity index (χ3v) is 5.54. The molecule has 0 N–H and O–H groups in total. The molecule has 0 radical (unpaired) electrons. The number of hydrogen-bond acceptors (Lipinski definition) is 4. The lowest BCUT2D eigenvalue weighted by atomic mass is 10.0. The molecule has 1 aliphatic rings. The van der Waals surface area contributed by atoms with Crippen molar-refractivity contribution < 1.29 is 9.53 Å². The fourth-order valence-corrected chi connectivity index (χ4v) is 3.98. The van der Waals surface area contributed by atoms with Gasteiger partial charge in [0.2, 0.25) is 5.91 Å². The number of piperazine rings is 1. The summed E-state index contributed by atoms with van der Waals surface area (Å²) in [7, 11) is 0. The Morgan fingerprint density at radius 3 is 2.60 bits per heavy atom. The van der Waals surface area contributed by atoms with E-state index < -0.39 is 0 Å². The zero-order valence-corrected chi connectivity index (χ0v) is 17.3. The van der Waals surface area contributed by atoms with E-state index in [0.717, 1.165) is 43.1 Å². The van der Waals surface area contributed by atoms with Crippen LogP contribution in [0.25, 0.3) is 0 Å². The van der Waals surface area contributed by atoms with E-state index in [2.05, 4.69) is 28.1 Å². The number of pyridine rings is 1. The van der Waals surface area contributed by atoms with Gasteiger partial charge in [-0.2, -0.15) is 0 Å². The maximum atomic E-state index is 12.2. The number of para-hydroxylation sites is 1. The second kappa shape index (κ2) is 9.55. The van der Waals surface area contributed by atoms with Crippen molar-refractivity contribution >= 4 is 5.91 Å². The van der Waals surface area contributed by atoms with Crippen LogP contribution in [0, 0.1) is 0 Å². The Hall–Kier alpha value is -3.18. The van der Waals surface area contributed by atoms with Gasteiger partial charge >= 0.3 is 0 Å². The van der Waals surface area contributed by atoms with Gasteiger partial charge in [-0.25, -0.2) is 0 Å². The molecule has 1 aliphatic heterocycles. The van der Waals surface area contributed by atoms with Gasteiger partial charge in [-0.05, 0) is 17.7 Å². The monoisotopic (exact) mass is 401 g/mol. The molecule has 1 atom stereocenters. The lowest BCUT2D eigenvalue weighted by Crippen LogP contribution is -2.49. The highest BCUT2D eigenvalue weighted by Crippen LogP contribution is 2.28. The molecule has 30 heavy (non-hydrogen) atoms. The number of ether oxygens (including phenoxy) is 1. The molecule has 1 amide bonds. The van der Waals surface area contributed by atoms with E-state index in [-0.39, 0.29) is 11.9 Å². The van der Waals surface area contributed by atoms with Crippen molar-refractivity contribution in [1.82, 2.24) is 14.8 Å². The van der Waals surface area contributed by atoms with E-state index in [1.165, 1.54) is 5.56 Å². The van der Waals surface area contributed by atoms with Crippen molar-refractivity contribution in [2.45, 2.75) is 26.1 Å². The van der Waals surface area contributed by atoms with Crippen LogP contribution in [0.4, 0.5) is 0 Å². The van der Waals surface area contributed by atoms with Gasteiger partial charge < -0.3 is 9.64 Å². The summed E-state index contributed by atoms with van der Waals surface area (Å²) in [5.41, 5.74) is 3.38. The third-order valence-electron chi connectivity index (χ3n) is 5.54. The minimum atomic E-state index is 0.0703. The van der Waals surface area contributed by atoms with E-state index >= 15 is 0 Å². The number of rotatable bonds is 6. The summed E-state index contributed by atoms with van der Waals surface area (Å²) in [5, 5.41) is 0. The first-order chi connectivity index (χ1) is 14.7. The SMILES string of the molecule is CC(=O)N1CCN(Cc2ccccc2OCc2cccnc2)C[C@H]1c1ccccc1. The zero-order chi connectivity index (χ0) is 20.8. The van der Waals surface area contributed by atoms with Gasteiger partial charge in [0, 0.05) is 56.6 Å². The number of carbonyl (C=O) groups excluding carboxylic acids is 1. The molecule has 0 bridgehead atoms. The highest BCUT2D eigenvalue weighted by atomic mass is 16.5. The average molecular weight is 402 g/mol. The van der Waals surface area contributed by atoms with Gasteiger partial charge in [-0.3, -0.25) is 14.7 Å². The molecule has 1 fully saturated rings. The highest BCUT2D eigenvalue weighted by molar-refractivity contribution is 5.74. The number of carbonyl (C=O) groups is 1. The minimum Gasteiger partial charge on any atom is -0.489 e. The Morgan fingerprint density at radius 2 is 1.83 bits per heavy atom. The quantitative estimate of drug-likeness (QED) is 0.625. The smallest absolute Gasteiger partial charge is 0.220 e. The molecule has 1 aromatic heterocycles. The molecule has 0 aliphatic carbocycles. The van der Waals surface area contributed by atoms with E-state index in [9.17, 15) is 4.79 Å². The minimum absolute atomic E-state index is 0.0703. The van der Waals surface area contributed by atoms with Crippen LogP contribution in [0.1, 0.15) is 29.7 Å². The first-order valence-electron chi connectivity index (χ1n) is 10.3. The van der Waals surface area contributed by atoms with Crippen molar-refractivity contribution in [1.29, 1.82) is 0 Å². The molecule has 1 saturated heterocycles. The summed E-state index contributed by atoms with van der Waals surface area (Å²) >= 11 is 0. The van der Waals surface area contributed by atoms with Crippen LogP contribution in [-0.2, 0) is 17.9 Å². The Bertz CT molecular complexity index is 962. The molecule has 0 saturated carbocycles. The number of benzene rings is 2. The van der Waals surface area contributed by atoms with Gasteiger partial charge in [0.15, 0.2) is 0 Å². The molecule has 5 nitrogen and oxygen atoms in total. The van der Waals surface area contributed by atoms with Crippen LogP contribution in [0.3, 0.4) is 0 Å². The summed E-state index contributed by atoms with van der Waals surface area (Å²) in [6.07, 6.45) is 3.59. The lowest BCUT2D eigenvalue weighted by molar-refractivity contribution is -0.134. The number of hydrogen-bond donors (Lipinski definition) is 0. The summed E-state index contributed by atoms with van der Waals surface area (Å²) in [5.74, 6) is 1.02. The summed E-state index contributed by atoms with van der Waals surface area (Å²) < 4.78 is 6.10. The molecule has 0 unspecified atom stereocenters. The maximum absolute atomic E-state index is 12.2. The molecule has 0 spiro atoms. The van der Waals surface area contributed by atoms with Gasteiger partial charge in [0.1, 0.15) is 12.4 Å². The Morgan fingerprint density at radius 1 is 1.03 bits per heavy atom. The fraction of sp³-hybridized carbons (Fsp3) is 0.280. The second-order valence-corrected chi connectivity index (χ2v) is 7.63. The number of amides is 1. The maximum Gasteiger partial charge on any atom is 0.220 e. The van der Waals surface area contributed by atoms with Gasteiger partial charge in [-0.15, -0.1) is 0 Å². The molecule has 3 aromatic rings. The van der Waals surface area contributed by atoms with Gasteiger partial charge in [-0.1, -0.05) is 54.6 Å². The molecule has 2 aromatic carbocycles. The molecule has 154 valence electrons. The lowest BCUT2D eigenvalue weighted by Gasteiger charge is -2.41. The standard InChI is InChI=1S/C25H27N3O2/c1-20(29)28-15-14-27(18-24(28)22-9-3-2-4-10-22)17-23-11-5-6-12-25(23)30-19-21-8-7-13-26-16-21/h2-13,16,24H,14-15,17-19H2,1H3/t24-/m0/s1. The van der Waals surface area contributed by atoms with Crippen molar-refractivity contribution in [2.24, 2.45) is 0 Å². The zero-order valence-electron chi connectivity index (χ0n) is 17.3. The molecular formula is C25H27N3O2. The Balaban J connectivity index is 1.47. The van der Waals surface area contributed by atoms with Crippen molar-refractivity contribution in [3.05, 3.63) is 95.8 Å². The summed E-state index contributed by atoms with van der Waals surface area (Å²) in [4.78, 5) is 20.7. The largest absolute Gasteiger partial charge is 0.489 e. The highest BCUT2D eigenvalue weighted by Gasteiger charge is 2.30. The van der Waals surface area contributed by atoms with Crippen LogP contribution < -0.4 is 4.74 Å². The normalized spacial score (nSPS) is 17.0. The topological polar surface area (TPSA) is 45.7 Å². The Kier molecular flexibility index (Phi) is 6.40. The summed E-state index contributed by atoms with van der Waals surface area (Å²) in [6, 6.07) is 22.5. The van der Waals surface area contributed by atoms with E-state index in [1.54, 1.807) is 13.1 Å². The van der Waals surface area contributed by atoms with Crippen LogP contribution in [0.5, 0.6) is 5.75 Å². The third kappa shape index (κ3) is 4.86. The first-order valence-corrected chi connectivity index (χ1v) is 10.3. The summed E-state index contributed by atoms with van der Waals surface area (Å²) in [6.45, 7) is 5.33.